The number of nitrogens with zero attached hydrogens (tertiary/aromatic N) is 3. The number of rotatable bonds is 6. The number of aryl methyl sites for hydroxylation is 1. The number of aromatic amines is 1. The Morgan fingerprint density at radius 2 is 2.00 bits per heavy atom. The Labute approximate surface area is 152 Å². The van der Waals surface area contributed by atoms with E-state index in [-0.39, 0.29) is 30.0 Å². The predicted octanol–water partition coefficient (Wildman–Crippen LogP) is 1.58. The Morgan fingerprint density at radius 1 is 1.23 bits per heavy atom. The summed E-state index contributed by atoms with van der Waals surface area (Å²) in [7, 11) is 1.79. The van der Waals surface area contributed by atoms with Gasteiger partial charge in [0.05, 0.1) is 11.0 Å². The van der Waals surface area contributed by atoms with Gasteiger partial charge in [-0.2, -0.15) is 0 Å². The third-order valence-corrected chi connectivity index (χ3v) is 5.10. The minimum absolute atomic E-state index is 0.0160. The largest absolute Gasteiger partial charge is 0.342 e. The van der Waals surface area contributed by atoms with Gasteiger partial charge in [-0.15, -0.1) is 0 Å². The number of para-hydroxylation sites is 2. The lowest BCUT2D eigenvalue weighted by molar-refractivity contribution is -0.150. The van der Waals surface area contributed by atoms with Gasteiger partial charge in [0, 0.05) is 33.1 Å². The molecule has 0 spiro atoms. The Morgan fingerprint density at radius 3 is 2.77 bits per heavy atom. The SMILES string of the molecule is CCCCC1C(=O)N(C)CCN1C(=O)CCn1c(=O)[nH]c2ccccc21. The van der Waals surface area contributed by atoms with Crippen molar-refractivity contribution in [1.29, 1.82) is 0 Å². The van der Waals surface area contributed by atoms with Crippen LogP contribution in [0.2, 0.25) is 0 Å². The van der Waals surface area contributed by atoms with Crippen LogP contribution in [0.4, 0.5) is 0 Å². The first kappa shape index (κ1) is 18.2. The van der Waals surface area contributed by atoms with Gasteiger partial charge in [-0.25, -0.2) is 4.79 Å². The number of carbonyl (C=O) groups excluding carboxylic acids is 2. The summed E-state index contributed by atoms with van der Waals surface area (Å²) in [5.41, 5.74) is 1.35. The van der Waals surface area contributed by atoms with Gasteiger partial charge >= 0.3 is 5.69 Å². The molecule has 7 heteroatoms. The fourth-order valence-electron chi connectivity index (χ4n) is 3.57. The van der Waals surface area contributed by atoms with Gasteiger partial charge in [0.1, 0.15) is 6.04 Å². The first-order valence-corrected chi connectivity index (χ1v) is 9.25. The van der Waals surface area contributed by atoms with Gasteiger partial charge in [-0.3, -0.25) is 14.2 Å². The van der Waals surface area contributed by atoms with E-state index in [1.54, 1.807) is 21.4 Å². The van der Waals surface area contributed by atoms with Crippen LogP contribution < -0.4 is 5.69 Å². The van der Waals surface area contributed by atoms with Crippen LogP contribution in [0.5, 0.6) is 0 Å². The summed E-state index contributed by atoms with van der Waals surface area (Å²) in [5.74, 6) is -0.0490. The number of nitrogens with one attached hydrogen (secondary N) is 1. The van der Waals surface area contributed by atoms with Crippen molar-refractivity contribution in [3.63, 3.8) is 0 Å². The molecular weight excluding hydrogens is 332 g/mol. The second-order valence-corrected chi connectivity index (χ2v) is 6.85. The number of benzene rings is 1. The first-order valence-electron chi connectivity index (χ1n) is 9.25. The average molecular weight is 358 g/mol. The molecule has 0 radical (unpaired) electrons. The average Bonchev–Trinajstić information content (AvgIpc) is 2.96. The van der Waals surface area contributed by atoms with E-state index < -0.39 is 0 Å². The molecule has 1 unspecified atom stereocenters. The van der Waals surface area contributed by atoms with Crippen molar-refractivity contribution in [3.05, 3.63) is 34.7 Å². The molecule has 0 bridgehead atoms. The maximum Gasteiger partial charge on any atom is 0.326 e. The van der Waals surface area contributed by atoms with E-state index in [4.69, 9.17) is 0 Å². The topological polar surface area (TPSA) is 78.4 Å². The minimum atomic E-state index is -0.374. The molecule has 1 aromatic heterocycles. The molecule has 26 heavy (non-hydrogen) atoms. The summed E-state index contributed by atoms with van der Waals surface area (Å²) < 4.78 is 1.59. The molecule has 0 aliphatic carbocycles. The van der Waals surface area contributed by atoms with E-state index in [0.29, 0.717) is 26.1 Å². The number of hydrogen-bond acceptors (Lipinski definition) is 3. The Hall–Kier alpha value is -2.57. The number of H-pyrrole nitrogens is 1. The van der Waals surface area contributed by atoms with Crippen LogP contribution in [0, 0.1) is 0 Å². The maximum absolute atomic E-state index is 12.8. The summed E-state index contributed by atoms with van der Waals surface area (Å²) >= 11 is 0. The zero-order valence-electron chi connectivity index (χ0n) is 15.4. The quantitative estimate of drug-likeness (QED) is 0.851. The van der Waals surface area contributed by atoms with Crippen molar-refractivity contribution in [2.24, 2.45) is 0 Å². The fourth-order valence-corrected chi connectivity index (χ4v) is 3.57. The lowest BCUT2D eigenvalue weighted by Crippen LogP contribution is -2.57. The molecule has 140 valence electrons. The van der Waals surface area contributed by atoms with Gasteiger partial charge in [0.25, 0.3) is 0 Å². The van der Waals surface area contributed by atoms with Gasteiger partial charge in [-0.1, -0.05) is 31.9 Å². The van der Waals surface area contributed by atoms with Crippen molar-refractivity contribution in [2.75, 3.05) is 20.1 Å². The molecule has 2 aromatic rings. The summed E-state index contributed by atoms with van der Waals surface area (Å²) in [5, 5.41) is 0. The van der Waals surface area contributed by atoms with E-state index in [1.807, 2.05) is 24.3 Å². The van der Waals surface area contributed by atoms with Crippen LogP contribution in [0.3, 0.4) is 0 Å². The van der Waals surface area contributed by atoms with Gasteiger partial charge in [-0.05, 0) is 18.6 Å². The van der Waals surface area contributed by atoms with Gasteiger partial charge < -0.3 is 14.8 Å². The highest BCUT2D eigenvalue weighted by Gasteiger charge is 2.35. The molecule has 2 heterocycles. The molecule has 3 rings (SSSR count). The van der Waals surface area contributed by atoms with E-state index in [1.165, 1.54) is 0 Å². The van der Waals surface area contributed by atoms with Crippen molar-refractivity contribution in [3.8, 4) is 0 Å². The van der Waals surface area contributed by atoms with Crippen LogP contribution in [0.25, 0.3) is 11.0 Å². The number of likely N-dealkylation sites (N-methyl/N-ethyl adjacent to an activating group) is 1. The number of fused-ring (bicyclic) bond motifs is 1. The molecule has 1 atom stereocenters. The summed E-state index contributed by atoms with van der Waals surface area (Å²) in [6, 6.07) is 7.06. The molecule has 1 saturated heterocycles. The summed E-state index contributed by atoms with van der Waals surface area (Å²) in [4.78, 5) is 43.6. The molecular formula is C19H26N4O3. The Bertz CT molecular complexity index is 854. The van der Waals surface area contributed by atoms with Gasteiger partial charge in [0.15, 0.2) is 0 Å². The lowest BCUT2D eigenvalue weighted by Gasteiger charge is -2.39. The molecule has 2 amide bonds. The number of aromatic nitrogens is 2. The fraction of sp³-hybridized carbons (Fsp3) is 0.526. The molecule has 1 aromatic carbocycles. The number of imidazole rings is 1. The highest BCUT2D eigenvalue weighted by Crippen LogP contribution is 2.18. The van der Waals surface area contributed by atoms with Crippen molar-refractivity contribution in [1.82, 2.24) is 19.4 Å². The number of carbonyl (C=O) groups is 2. The van der Waals surface area contributed by atoms with Crippen LogP contribution in [-0.4, -0.2) is 57.3 Å². The number of piperazine rings is 1. The normalized spacial score (nSPS) is 17.9. The first-order chi connectivity index (χ1) is 12.5. The minimum Gasteiger partial charge on any atom is -0.342 e. The lowest BCUT2D eigenvalue weighted by atomic mass is 10.0. The highest BCUT2D eigenvalue weighted by molar-refractivity contribution is 5.88. The van der Waals surface area contributed by atoms with Crippen molar-refractivity contribution in [2.45, 2.75) is 45.2 Å². The maximum atomic E-state index is 12.8. The van der Waals surface area contributed by atoms with E-state index in [9.17, 15) is 14.4 Å². The van der Waals surface area contributed by atoms with E-state index in [2.05, 4.69) is 11.9 Å². The monoisotopic (exact) mass is 358 g/mol. The number of amides is 2. The van der Waals surface area contributed by atoms with Crippen molar-refractivity contribution >= 4 is 22.8 Å². The summed E-state index contributed by atoms with van der Waals surface area (Å²) in [6.07, 6.45) is 2.80. The van der Waals surface area contributed by atoms with E-state index >= 15 is 0 Å². The zero-order chi connectivity index (χ0) is 18.7. The predicted molar refractivity (Wildman–Crippen MR) is 99.8 cm³/mol. The molecule has 7 nitrogen and oxygen atoms in total. The third kappa shape index (κ3) is 3.52. The highest BCUT2D eigenvalue weighted by atomic mass is 16.2. The van der Waals surface area contributed by atoms with Crippen LogP contribution in [0.1, 0.15) is 32.6 Å². The molecule has 1 aliphatic rings. The van der Waals surface area contributed by atoms with Crippen molar-refractivity contribution < 1.29 is 9.59 Å². The zero-order valence-corrected chi connectivity index (χ0v) is 15.4. The second kappa shape index (κ2) is 7.76. The van der Waals surface area contributed by atoms with Gasteiger partial charge in [0.2, 0.25) is 11.8 Å². The molecule has 0 saturated carbocycles. The standard InChI is InChI=1S/C19H26N4O3/c1-3-4-8-16-18(25)21(2)12-13-22(16)17(24)10-11-23-15-9-6-5-7-14(15)20-19(23)26/h5-7,9,16H,3-4,8,10-13H2,1-2H3,(H,20,26). The Balaban J connectivity index is 1.72. The molecule has 1 fully saturated rings. The number of hydrogen-bond donors (Lipinski definition) is 1. The second-order valence-electron chi connectivity index (χ2n) is 6.85. The van der Waals surface area contributed by atoms with Crippen LogP contribution in [0.15, 0.2) is 29.1 Å². The molecule has 1 N–H and O–H groups in total. The van der Waals surface area contributed by atoms with E-state index in [0.717, 1.165) is 23.9 Å². The van der Waals surface area contributed by atoms with Crippen LogP contribution >= 0.6 is 0 Å². The summed E-state index contributed by atoms with van der Waals surface area (Å²) in [6.45, 7) is 3.49. The molecule has 1 aliphatic heterocycles. The van der Waals surface area contributed by atoms with Crippen LogP contribution in [-0.2, 0) is 16.1 Å². The third-order valence-electron chi connectivity index (χ3n) is 5.10. The smallest absolute Gasteiger partial charge is 0.326 e. The Kier molecular flexibility index (Phi) is 5.44. The number of unbranched alkanes of at least 4 members (excludes halogenated alkanes) is 1.